The molecule has 0 aromatic heterocycles. The molecule has 1 N–H and O–H groups in total. The second-order valence-electron chi connectivity index (χ2n) is 5.72. The zero-order valence-corrected chi connectivity index (χ0v) is 12.7. The molecule has 3 unspecified atom stereocenters. The predicted molar refractivity (Wildman–Crippen MR) is 82.4 cm³/mol. The molecular formula is C16H24N2O3. The number of hydrogen-bond acceptors (Lipinski definition) is 4. The molecule has 0 spiro atoms. The van der Waals surface area contributed by atoms with Crippen LogP contribution < -0.4 is 5.32 Å². The number of nitro groups is 1. The van der Waals surface area contributed by atoms with Crippen LogP contribution in [-0.2, 0) is 11.2 Å². The average molecular weight is 292 g/mol. The fraction of sp³-hybridized carbons (Fsp3) is 0.625. The molecule has 5 heteroatoms. The number of nitrogens with one attached hydrogen (secondary N) is 1. The Morgan fingerprint density at radius 3 is 2.67 bits per heavy atom. The van der Waals surface area contributed by atoms with Crippen molar-refractivity contribution in [1.82, 2.24) is 5.32 Å². The summed E-state index contributed by atoms with van der Waals surface area (Å²) in [6.45, 7) is 6.11. The van der Waals surface area contributed by atoms with Gasteiger partial charge in [-0.2, -0.15) is 0 Å². The van der Waals surface area contributed by atoms with Gasteiger partial charge in [0.05, 0.1) is 11.0 Å². The number of nitro benzene ring substituents is 1. The molecule has 1 aromatic carbocycles. The van der Waals surface area contributed by atoms with Crippen LogP contribution in [0, 0.1) is 16.0 Å². The molecule has 116 valence electrons. The van der Waals surface area contributed by atoms with Gasteiger partial charge in [-0.05, 0) is 38.3 Å². The number of non-ortho nitro benzene ring substituents is 1. The van der Waals surface area contributed by atoms with Gasteiger partial charge in [-0.3, -0.25) is 10.1 Å². The third-order valence-electron chi connectivity index (χ3n) is 4.21. The lowest BCUT2D eigenvalue weighted by Crippen LogP contribution is -2.41. The zero-order valence-electron chi connectivity index (χ0n) is 12.7. The van der Waals surface area contributed by atoms with Crippen molar-refractivity contribution in [3.05, 3.63) is 39.9 Å². The third kappa shape index (κ3) is 4.25. The summed E-state index contributed by atoms with van der Waals surface area (Å²) in [4.78, 5) is 10.3. The molecule has 1 aliphatic heterocycles. The smallest absolute Gasteiger partial charge is 0.269 e. The Labute approximate surface area is 125 Å². The lowest BCUT2D eigenvalue weighted by atomic mass is 9.88. The van der Waals surface area contributed by atoms with E-state index in [1.807, 2.05) is 12.1 Å². The van der Waals surface area contributed by atoms with Crippen molar-refractivity contribution in [3.8, 4) is 0 Å². The van der Waals surface area contributed by atoms with Gasteiger partial charge in [-0.25, -0.2) is 0 Å². The largest absolute Gasteiger partial charge is 0.378 e. The molecule has 2 rings (SSSR count). The van der Waals surface area contributed by atoms with Crippen LogP contribution in [0.5, 0.6) is 0 Å². The van der Waals surface area contributed by atoms with E-state index in [1.54, 1.807) is 12.1 Å². The Morgan fingerprint density at radius 2 is 2.14 bits per heavy atom. The number of rotatable bonds is 7. The Kier molecular flexibility index (Phi) is 5.70. The second-order valence-corrected chi connectivity index (χ2v) is 5.72. The standard InChI is InChI=1S/C16H24N2O3/c1-3-9-17-16(15-8-10-21-12(15)2)11-13-4-6-14(7-5-13)18(19)20/h4-7,12,15-17H,3,8-11H2,1-2H3. The van der Waals surface area contributed by atoms with Gasteiger partial charge in [0.25, 0.3) is 5.69 Å². The summed E-state index contributed by atoms with van der Waals surface area (Å²) in [5.74, 6) is 0.506. The third-order valence-corrected chi connectivity index (χ3v) is 4.21. The summed E-state index contributed by atoms with van der Waals surface area (Å²) in [6.07, 6.45) is 3.34. The van der Waals surface area contributed by atoms with E-state index in [0.717, 1.165) is 38.0 Å². The first-order valence-electron chi connectivity index (χ1n) is 7.70. The van der Waals surface area contributed by atoms with E-state index < -0.39 is 0 Å². The monoisotopic (exact) mass is 292 g/mol. The summed E-state index contributed by atoms with van der Waals surface area (Å²) in [7, 11) is 0. The first kappa shape index (κ1) is 15.9. The summed E-state index contributed by atoms with van der Waals surface area (Å²) in [5, 5.41) is 14.3. The number of benzene rings is 1. The van der Waals surface area contributed by atoms with Crippen LogP contribution in [0.3, 0.4) is 0 Å². The quantitative estimate of drug-likeness (QED) is 0.620. The molecule has 5 nitrogen and oxygen atoms in total. The van der Waals surface area contributed by atoms with Gasteiger partial charge in [-0.1, -0.05) is 19.1 Å². The summed E-state index contributed by atoms with van der Waals surface area (Å²) in [5.41, 5.74) is 1.28. The molecule has 21 heavy (non-hydrogen) atoms. The second kappa shape index (κ2) is 7.52. The summed E-state index contributed by atoms with van der Waals surface area (Å²) in [6, 6.07) is 7.25. The van der Waals surface area contributed by atoms with Crippen molar-refractivity contribution in [1.29, 1.82) is 0 Å². The van der Waals surface area contributed by atoms with Crippen LogP contribution in [0.15, 0.2) is 24.3 Å². The number of ether oxygens (including phenoxy) is 1. The molecule has 1 fully saturated rings. The van der Waals surface area contributed by atoms with E-state index >= 15 is 0 Å². The van der Waals surface area contributed by atoms with Gasteiger partial charge in [0.15, 0.2) is 0 Å². The van der Waals surface area contributed by atoms with Crippen LogP contribution in [0.4, 0.5) is 5.69 Å². The Bertz CT molecular complexity index is 461. The maximum Gasteiger partial charge on any atom is 0.269 e. The number of hydrogen-bond donors (Lipinski definition) is 1. The fourth-order valence-electron chi connectivity index (χ4n) is 2.99. The minimum absolute atomic E-state index is 0.148. The molecule has 3 atom stereocenters. The van der Waals surface area contributed by atoms with Crippen molar-refractivity contribution < 1.29 is 9.66 Å². The maximum atomic E-state index is 10.7. The number of nitrogens with zero attached hydrogens (tertiary/aromatic N) is 1. The molecule has 0 aliphatic carbocycles. The summed E-state index contributed by atoms with van der Waals surface area (Å²) >= 11 is 0. The molecule has 0 bridgehead atoms. The SMILES string of the molecule is CCCNC(Cc1ccc([N+](=O)[O-])cc1)C1CCOC1C. The van der Waals surface area contributed by atoms with Crippen LogP contribution in [0.1, 0.15) is 32.3 Å². The lowest BCUT2D eigenvalue weighted by molar-refractivity contribution is -0.384. The Balaban J connectivity index is 2.04. The molecular weight excluding hydrogens is 268 g/mol. The van der Waals surface area contributed by atoms with Crippen LogP contribution in [0.2, 0.25) is 0 Å². The van der Waals surface area contributed by atoms with E-state index in [0.29, 0.717) is 12.0 Å². The van der Waals surface area contributed by atoms with Gasteiger partial charge in [0, 0.05) is 30.7 Å². The molecule has 1 saturated heterocycles. The van der Waals surface area contributed by atoms with Gasteiger partial charge in [0.1, 0.15) is 0 Å². The minimum Gasteiger partial charge on any atom is -0.378 e. The minimum atomic E-state index is -0.358. The fourth-order valence-corrected chi connectivity index (χ4v) is 2.99. The normalized spacial score (nSPS) is 23.1. The summed E-state index contributed by atoms with van der Waals surface area (Å²) < 4.78 is 5.69. The van der Waals surface area contributed by atoms with E-state index in [9.17, 15) is 10.1 Å². The highest BCUT2D eigenvalue weighted by molar-refractivity contribution is 5.33. The predicted octanol–water partition coefficient (Wildman–Crippen LogP) is 2.93. The lowest BCUT2D eigenvalue weighted by Gasteiger charge is -2.27. The van der Waals surface area contributed by atoms with Crippen LogP contribution >= 0.6 is 0 Å². The maximum absolute atomic E-state index is 10.7. The van der Waals surface area contributed by atoms with E-state index in [-0.39, 0.29) is 16.7 Å². The van der Waals surface area contributed by atoms with Crippen LogP contribution in [0.25, 0.3) is 0 Å². The first-order valence-corrected chi connectivity index (χ1v) is 7.70. The van der Waals surface area contributed by atoms with Crippen molar-refractivity contribution in [2.24, 2.45) is 5.92 Å². The zero-order chi connectivity index (χ0) is 15.2. The molecule has 1 aliphatic rings. The topological polar surface area (TPSA) is 64.4 Å². The van der Waals surface area contributed by atoms with Gasteiger partial charge in [-0.15, -0.1) is 0 Å². The van der Waals surface area contributed by atoms with Crippen molar-refractivity contribution in [2.45, 2.75) is 45.3 Å². The molecule has 1 heterocycles. The van der Waals surface area contributed by atoms with Crippen molar-refractivity contribution >= 4 is 5.69 Å². The molecule has 0 saturated carbocycles. The molecule has 0 amide bonds. The van der Waals surface area contributed by atoms with E-state index in [2.05, 4.69) is 19.2 Å². The van der Waals surface area contributed by atoms with Gasteiger partial charge < -0.3 is 10.1 Å². The molecule has 0 radical (unpaired) electrons. The van der Waals surface area contributed by atoms with E-state index in [1.165, 1.54) is 0 Å². The van der Waals surface area contributed by atoms with Crippen LogP contribution in [-0.4, -0.2) is 30.2 Å². The molecule has 1 aromatic rings. The first-order chi connectivity index (χ1) is 10.1. The highest BCUT2D eigenvalue weighted by atomic mass is 16.6. The highest BCUT2D eigenvalue weighted by Crippen LogP contribution is 2.26. The van der Waals surface area contributed by atoms with Gasteiger partial charge >= 0.3 is 0 Å². The Morgan fingerprint density at radius 1 is 1.43 bits per heavy atom. The highest BCUT2D eigenvalue weighted by Gasteiger charge is 2.31. The van der Waals surface area contributed by atoms with E-state index in [4.69, 9.17) is 4.74 Å². The Hall–Kier alpha value is -1.46. The van der Waals surface area contributed by atoms with Gasteiger partial charge in [0.2, 0.25) is 0 Å². The van der Waals surface area contributed by atoms with Crippen molar-refractivity contribution in [3.63, 3.8) is 0 Å². The van der Waals surface area contributed by atoms with Crippen molar-refractivity contribution in [2.75, 3.05) is 13.2 Å². The average Bonchev–Trinajstić information content (AvgIpc) is 2.90.